The fourth-order valence-corrected chi connectivity index (χ4v) is 2.32. The number of amides is 3. The first kappa shape index (κ1) is 16.0. The van der Waals surface area contributed by atoms with Crippen LogP contribution in [-0.2, 0) is 4.79 Å². The zero-order valence-corrected chi connectivity index (χ0v) is 13.3. The predicted molar refractivity (Wildman–Crippen MR) is 83.8 cm³/mol. The molecule has 2 rings (SSSR count). The van der Waals surface area contributed by atoms with Crippen LogP contribution >= 0.6 is 0 Å². The first-order valence-electron chi connectivity index (χ1n) is 7.26. The van der Waals surface area contributed by atoms with Gasteiger partial charge in [-0.2, -0.15) is 0 Å². The normalized spacial score (nSPS) is 17.8. The van der Waals surface area contributed by atoms with Crippen molar-refractivity contribution < 1.29 is 9.59 Å². The molecule has 120 valence electrons. The van der Waals surface area contributed by atoms with Crippen LogP contribution in [-0.4, -0.2) is 59.5 Å². The van der Waals surface area contributed by atoms with Crippen molar-refractivity contribution in [3.63, 3.8) is 0 Å². The Morgan fingerprint density at radius 3 is 2.73 bits per heavy atom. The van der Waals surface area contributed by atoms with E-state index in [1.807, 2.05) is 32.8 Å². The molecule has 0 spiro atoms. The van der Waals surface area contributed by atoms with E-state index in [0.717, 1.165) is 0 Å². The number of hydrogen-bond acceptors (Lipinski definition) is 5. The Morgan fingerprint density at radius 1 is 1.41 bits per heavy atom. The Morgan fingerprint density at radius 2 is 2.14 bits per heavy atom. The van der Waals surface area contributed by atoms with E-state index < -0.39 is 12.1 Å². The molecule has 8 nitrogen and oxygen atoms in total. The Labute approximate surface area is 129 Å². The molecule has 0 bridgehead atoms. The molecule has 1 aliphatic rings. The molecule has 0 radical (unpaired) electrons. The van der Waals surface area contributed by atoms with Gasteiger partial charge in [0.05, 0.1) is 0 Å². The number of hydrogen-bond donors (Lipinski definition) is 2. The highest BCUT2D eigenvalue weighted by atomic mass is 16.2. The summed E-state index contributed by atoms with van der Waals surface area (Å²) in [6.07, 6.45) is 2.00. The second-order valence-electron chi connectivity index (χ2n) is 5.72. The lowest BCUT2D eigenvalue weighted by Gasteiger charge is -2.21. The van der Waals surface area contributed by atoms with E-state index in [4.69, 9.17) is 0 Å². The van der Waals surface area contributed by atoms with E-state index in [1.54, 1.807) is 11.0 Å². The van der Waals surface area contributed by atoms with Gasteiger partial charge in [-0.05, 0) is 20.3 Å². The second kappa shape index (κ2) is 6.59. The highest BCUT2D eigenvalue weighted by molar-refractivity contribution is 5.94. The summed E-state index contributed by atoms with van der Waals surface area (Å²) in [6, 6.07) is 0.896. The van der Waals surface area contributed by atoms with Gasteiger partial charge in [-0.1, -0.05) is 0 Å². The van der Waals surface area contributed by atoms with Crippen LogP contribution in [0.5, 0.6) is 0 Å². The lowest BCUT2D eigenvalue weighted by Crippen LogP contribution is -2.44. The highest BCUT2D eigenvalue weighted by Gasteiger charge is 2.33. The Kier molecular flexibility index (Phi) is 4.79. The number of rotatable bonds is 4. The molecule has 1 saturated heterocycles. The monoisotopic (exact) mass is 306 g/mol. The van der Waals surface area contributed by atoms with Crippen molar-refractivity contribution in [2.45, 2.75) is 32.4 Å². The van der Waals surface area contributed by atoms with E-state index in [9.17, 15) is 9.59 Å². The molecule has 1 aliphatic heterocycles. The Balaban J connectivity index is 1.94. The summed E-state index contributed by atoms with van der Waals surface area (Å²) in [6.45, 7) is 4.59. The molecule has 0 aliphatic carbocycles. The van der Waals surface area contributed by atoms with Crippen LogP contribution in [0, 0.1) is 0 Å². The fourth-order valence-electron chi connectivity index (χ4n) is 2.32. The first-order chi connectivity index (χ1) is 10.4. The van der Waals surface area contributed by atoms with Gasteiger partial charge in [0, 0.05) is 32.7 Å². The van der Waals surface area contributed by atoms with Gasteiger partial charge in [0.1, 0.15) is 24.0 Å². The number of nitrogens with one attached hydrogen (secondary N) is 2. The van der Waals surface area contributed by atoms with Crippen LogP contribution in [0.2, 0.25) is 0 Å². The predicted octanol–water partition coefficient (Wildman–Crippen LogP) is 0.673. The first-order valence-corrected chi connectivity index (χ1v) is 7.26. The zero-order valence-electron chi connectivity index (χ0n) is 13.3. The minimum atomic E-state index is -0.474. The van der Waals surface area contributed by atoms with Gasteiger partial charge < -0.3 is 15.1 Å². The van der Waals surface area contributed by atoms with Crippen molar-refractivity contribution in [2.75, 3.05) is 30.9 Å². The molecule has 8 heteroatoms. The zero-order chi connectivity index (χ0) is 16.3. The summed E-state index contributed by atoms with van der Waals surface area (Å²) in [4.78, 5) is 35.8. The van der Waals surface area contributed by atoms with E-state index in [-0.39, 0.29) is 11.9 Å². The third-order valence-electron chi connectivity index (χ3n) is 3.52. The van der Waals surface area contributed by atoms with Crippen molar-refractivity contribution in [3.05, 3.63) is 12.4 Å². The maximum Gasteiger partial charge on any atom is 0.321 e. The van der Waals surface area contributed by atoms with Crippen LogP contribution < -0.4 is 15.5 Å². The van der Waals surface area contributed by atoms with Crippen LogP contribution in [0.1, 0.15) is 20.3 Å². The Bertz CT molecular complexity index is 560. The van der Waals surface area contributed by atoms with E-state index >= 15 is 0 Å². The number of likely N-dealkylation sites (tertiary alicyclic amines) is 1. The van der Waals surface area contributed by atoms with Crippen molar-refractivity contribution in [3.8, 4) is 0 Å². The standard InChI is InChI=1S/C14H22N6O2/c1-9(2)20-6-5-10(13(20)21)17-14(22)18-11-7-12(19(3)4)16-8-15-11/h7-10H,5-6H2,1-4H3,(H2,15,16,17,18,22). The maximum atomic E-state index is 12.1. The smallest absolute Gasteiger partial charge is 0.321 e. The molecular weight excluding hydrogens is 284 g/mol. The number of carbonyl (C=O) groups is 2. The summed E-state index contributed by atoms with van der Waals surface area (Å²) in [5.74, 6) is 1.04. The SMILES string of the molecule is CC(C)N1CCC(NC(=O)Nc2cc(N(C)C)ncn2)C1=O. The number of nitrogens with zero attached hydrogens (tertiary/aromatic N) is 4. The van der Waals surface area contributed by atoms with Crippen molar-refractivity contribution in [2.24, 2.45) is 0 Å². The minimum Gasteiger partial charge on any atom is -0.363 e. The quantitative estimate of drug-likeness (QED) is 0.853. The summed E-state index contributed by atoms with van der Waals surface area (Å²) < 4.78 is 0. The molecular formula is C14H22N6O2. The third kappa shape index (κ3) is 3.63. The summed E-state index contributed by atoms with van der Waals surface area (Å²) in [5, 5.41) is 5.33. The van der Waals surface area contributed by atoms with Crippen molar-refractivity contribution >= 4 is 23.6 Å². The van der Waals surface area contributed by atoms with E-state index in [2.05, 4.69) is 20.6 Å². The fraction of sp³-hybridized carbons (Fsp3) is 0.571. The van der Waals surface area contributed by atoms with Crippen molar-refractivity contribution in [1.82, 2.24) is 20.2 Å². The highest BCUT2D eigenvalue weighted by Crippen LogP contribution is 2.15. The van der Waals surface area contributed by atoms with Gasteiger partial charge in [0.25, 0.3) is 0 Å². The Hall–Kier alpha value is -2.38. The van der Waals surface area contributed by atoms with Gasteiger partial charge in [0.15, 0.2) is 0 Å². The number of urea groups is 1. The van der Waals surface area contributed by atoms with Gasteiger partial charge in [-0.15, -0.1) is 0 Å². The van der Waals surface area contributed by atoms with Crippen molar-refractivity contribution in [1.29, 1.82) is 0 Å². The van der Waals surface area contributed by atoms with E-state index in [0.29, 0.717) is 24.6 Å². The molecule has 2 N–H and O–H groups in total. The van der Waals surface area contributed by atoms with Gasteiger partial charge in [-0.25, -0.2) is 14.8 Å². The third-order valence-corrected chi connectivity index (χ3v) is 3.52. The molecule has 1 fully saturated rings. The average molecular weight is 306 g/mol. The van der Waals surface area contributed by atoms with Gasteiger partial charge in [-0.3, -0.25) is 10.1 Å². The second-order valence-corrected chi connectivity index (χ2v) is 5.72. The molecule has 0 saturated carbocycles. The number of carbonyl (C=O) groups excluding carboxylic acids is 2. The lowest BCUT2D eigenvalue weighted by atomic mass is 10.2. The molecule has 0 aromatic carbocycles. The molecule has 3 amide bonds. The molecule has 1 unspecified atom stereocenters. The maximum absolute atomic E-state index is 12.1. The summed E-state index contributed by atoms with van der Waals surface area (Å²) >= 11 is 0. The number of anilines is 2. The summed E-state index contributed by atoms with van der Waals surface area (Å²) in [7, 11) is 3.70. The molecule has 1 aromatic heterocycles. The molecule has 1 atom stereocenters. The van der Waals surface area contributed by atoms with Crippen LogP contribution in [0.4, 0.5) is 16.4 Å². The topological polar surface area (TPSA) is 90.5 Å². The lowest BCUT2D eigenvalue weighted by molar-refractivity contribution is -0.130. The minimum absolute atomic E-state index is 0.0400. The van der Waals surface area contributed by atoms with Gasteiger partial charge >= 0.3 is 6.03 Å². The largest absolute Gasteiger partial charge is 0.363 e. The molecule has 1 aromatic rings. The van der Waals surface area contributed by atoms with E-state index in [1.165, 1.54) is 6.33 Å². The molecule has 2 heterocycles. The van der Waals surface area contributed by atoms with Crippen LogP contribution in [0.15, 0.2) is 12.4 Å². The van der Waals surface area contributed by atoms with Crippen LogP contribution in [0.3, 0.4) is 0 Å². The summed E-state index contributed by atoms with van der Waals surface area (Å²) in [5.41, 5.74) is 0. The average Bonchev–Trinajstić information content (AvgIpc) is 2.80. The molecule has 22 heavy (non-hydrogen) atoms. The van der Waals surface area contributed by atoms with Crippen LogP contribution in [0.25, 0.3) is 0 Å². The van der Waals surface area contributed by atoms with Gasteiger partial charge in [0.2, 0.25) is 5.91 Å². The number of aromatic nitrogens is 2.